The van der Waals surface area contributed by atoms with Crippen LogP contribution in [0, 0.1) is 12.7 Å². The molecule has 8 heteroatoms. The number of benzene rings is 1. The molecular formula is C13H14F4N2OS. The van der Waals surface area contributed by atoms with Gasteiger partial charge in [-0.15, -0.1) is 11.8 Å². The van der Waals surface area contributed by atoms with Gasteiger partial charge in [0.05, 0.1) is 11.4 Å². The average Bonchev–Trinajstić information content (AvgIpc) is 3.13. The van der Waals surface area contributed by atoms with Crippen LogP contribution in [0.5, 0.6) is 0 Å². The number of amides is 2. The van der Waals surface area contributed by atoms with E-state index >= 15 is 0 Å². The Morgan fingerprint density at radius 3 is 2.62 bits per heavy atom. The van der Waals surface area contributed by atoms with E-state index in [9.17, 15) is 22.4 Å². The number of hydrogen-bond acceptors (Lipinski definition) is 2. The van der Waals surface area contributed by atoms with Crippen LogP contribution in [0.15, 0.2) is 17.0 Å². The van der Waals surface area contributed by atoms with Crippen LogP contribution in [-0.2, 0) is 0 Å². The van der Waals surface area contributed by atoms with E-state index in [0.29, 0.717) is 17.3 Å². The van der Waals surface area contributed by atoms with Crippen LogP contribution >= 0.6 is 11.8 Å². The van der Waals surface area contributed by atoms with Crippen molar-refractivity contribution in [1.82, 2.24) is 5.32 Å². The molecule has 0 spiro atoms. The fourth-order valence-corrected chi connectivity index (χ4v) is 2.44. The Bertz CT molecular complexity index is 544. The second-order valence-electron chi connectivity index (χ2n) is 4.87. The van der Waals surface area contributed by atoms with Gasteiger partial charge >= 0.3 is 12.2 Å². The molecule has 0 saturated heterocycles. The molecule has 116 valence electrons. The third kappa shape index (κ3) is 5.11. The van der Waals surface area contributed by atoms with E-state index in [1.54, 1.807) is 0 Å². The van der Waals surface area contributed by atoms with Gasteiger partial charge in [0.15, 0.2) is 0 Å². The number of carbonyl (C=O) groups is 1. The first-order chi connectivity index (χ1) is 9.74. The lowest BCUT2D eigenvalue weighted by Crippen LogP contribution is -2.30. The van der Waals surface area contributed by atoms with Crippen LogP contribution in [0.4, 0.5) is 28.0 Å². The second kappa shape index (κ2) is 6.13. The van der Waals surface area contributed by atoms with E-state index in [1.165, 1.54) is 13.0 Å². The summed E-state index contributed by atoms with van der Waals surface area (Å²) in [5, 5.41) is 4.94. The molecule has 1 aromatic carbocycles. The first kappa shape index (κ1) is 15.9. The van der Waals surface area contributed by atoms with Crippen molar-refractivity contribution in [3.63, 3.8) is 0 Å². The zero-order valence-corrected chi connectivity index (χ0v) is 12.0. The summed E-state index contributed by atoms with van der Waals surface area (Å²) >= 11 is 0.567. The summed E-state index contributed by atoms with van der Waals surface area (Å²) in [7, 11) is 0. The standard InChI is InChI=1S/C13H14F4N2OS/c1-7-4-9(14)10(19-12(20)18-8-2-3-8)5-11(7)21-6-13(15,16)17/h4-5,8H,2-3,6H2,1H3,(H2,18,19,20). The van der Waals surface area contributed by atoms with Crippen molar-refractivity contribution >= 4 is 23.5 Å². The molecular weight excluding hydrogens is 308 g/mol. The molecule has 2 N–H and O–H groups in total. The molecule has 1 saturated carbocycles. The van der Waals surface area contributed by atoms with Gasteiger partial charge in [0, 0.05) is 10.9 Å². The highest BCUT2D eigenvalue weighted by Gasteiger charge is 2.28. The van der Waals surface area contributed by atoms with Crippen molar-refractivity contribution in [2.45, 2.75) is 36.9 Å². The second-order valence-corrected chi connectivity index (χ2v) is 5.89. The van der Waals surface area contributed by atoms with Gasteiger partial charge in [-0.1, -0.05) is 0 Å². The Morgan fingerprint density at radius 1 is 1.38 bits per heavy atom. The SMILES string of the molecule is Cc1cc(F)c(NC(=O)NC2CC2)cc1SCC(F)(F)F. The Kier molecular flexibility index (Phi) is 4.65. The van der Waals surface area contributed by atoms with Gasteiger partial charge < -0.3 is 10.6 Å². The van der Waals surface area contributed by atoms with Crippen LogP contribution in [0.2, 0.25) is 0 Å². The van der Waals surface area contributed by atoms with E-state index < -0.39 is 23.8 Å². The molecule has 3 nitrogen and oxygen atoms in total. The zero-order chi connectivity index (χ0) is 15.6. The van der Waals surface area contributed by atoms with Crippen molar-refractivity contribution in [2.75, 3.05) is 11.1 Å². The third-order valence-corrected chi connectivity index (χ3v) is 4.04. The lowest BCUT2D eigenvalue weighted by atomic mass is 10.2. The summed E-state index contributed by atoms with van der Waals surface area (Å²) in [6.07, 6.45) is -2.53. The number of anilines is 1. The van der Waals surface area contributed by atoms with Crippen LogP contribution in [0.25, 0.3) is 0 Å². The molecule has 1 fully saturated rings. The number of alkyl halides is 3. The molecule has 1 aliphatic carbocycles. The van der Waals surface area contributed by atoms with Gasteiger partial charge in [-0.2, -0.15) is 13.2 Å². The molecule has 0 atom stereocenters. The molecule has 2 amide bonds. The van der Waals surface area contributed by atoms with Gasteiger partial charge in [-0.25, -0.2) is 9.18 Å². The number of carbonyl (C=O) groups excluding carboxylic acids is 1. The quantitative estimate of drug-likeness (QED) is 0.648. The largest absolute Gasteiger partial charge is 0.398 e. The van der Waals surface area contributed by atoms with Crippen LogP contribution < -0.4 is 10.6 Å². The minimum Gasteiger partial charge on any atom is -0.335 e. The molecule has 0 radical (unpaired) electrons. The van der Waals surface area contributed by atoms with Gasteiger partial charge in [-0.3, -0.25) is 0 Å². The minimum absolute atomic E-state index is 0.109. The smallest absolute Gasteiger partial charge is 0.335 e. The van der Waals surface area contributed by atoms with E-state index in [0.717, 1.165) is 18.9 Å². The maximum Gasteiger partial charge on any atom is 0.398 e. The summed E-state index contributed by atoms with van der Waals surface area (Å²) in [6.45, 7) is 1.52. The monoisotopic (exact) mass is 322 g/mol. The van der Waals surface area contributed by atoms with Gasteiger partial charge in [-0.05, 0) is 37.5 Å². The van der Waals surface area contributed by atoms with E-state index in [2.05, 4.69) is 10.6 Å². The van der Waals surface area contributed by atoms with Crippen molar-refractivity contribution in [1.29, 1.82) is 0 Å². The third-order valence-electron chi connectivity index (χ3n) is 2.82. The first-order valence-electron chi connectivity index (χ1n) is 6.32. The number of nitrogens with one attached hydrogen (secondary N) is 2. The van der Waals surface area contributed by atoms with Crippen molar-refractivity contribution < 1.29 is 22.4 Å². The van der Waals surface area contributed by atoms with Crippen LogP contribution in [0.1, 0.15) is 18.4 Å². The molecule has 0 unspecified atom stereocenters. The first-order valence-corrected chi connectivity index (χ1v) is 7.30. The Hall–Kier alpha value is -1.44. The van der Waals surface area contributed by atoms with Crippen molar-refractivity contribution in [2.24, 2.45) is 0 Å². The molecule has 1 aliphatic rings. The molecule has 0 aromatic heterocycles. The number of hydrogen-bond donors (Lipinski definition) is 2. The van der Waals surface area contributed by atoms with Crippen molar-refractivity contribution in [3.8, 4) is 0 Å². The highest BCUT2D eigenvalue weighted by atomic mass is 32.2. The van der Waals surface area contributed by atoms with E-state index in [-0.39, 0.29) is 16.6 Å². The van der Waals surface area contributed by atoms with Crippen LogP contribution in [0.3, 0.4) is 0 Å². The van der Waals surface area contributed by atoms with Crippen LogP contribution in [-0.4, -0.2) is 24.0 Å². The number of urea groups is 1. The summed E-state index contributed by atoms with van der Waals surface area (Å²) in [5.41, 5.74) is 0.276. The highest BCUT2D eigenvalue weighted by Crippen LogP contribution is 2.32. The zero-order valence-electron chi connectivity index (χ0n) is 11.2. The maximum atomic E-state index is 13.7. The average molecular weight is 322 g/mol. The van der Waals surface area contributed by atoms with Gasteiger partial charge in [0.1, 0.15) is 5.82 Å². The highest BCUT2D eigenvalue weighted by molar-refractivity contribution is 7.99. The number of halogens is 4. The van der Waals surface area contributed by atoms with Crippen molar-refractivity contribution in [3.05, 3.63) is 23.5 Å². The Balaban J connectivity index is 2.07. The Morgan fingerprint density at radius 2 is 2.05 bits per heavy atom. The summed E-state index contributed by atoms with van der Waals surface area (Å²) in [5.74, 6) is -1.73. The molecule has 2 rings (SSSR count). The molecule has 1 aromatic rings. The fourth-order valence-electron chi connectivity index (χ4n) is 1.64. The number of aryl methyl sites for hydroxylation is 1. The van der Waals surface area contributed by atoms with E-state index in [4.69, 9.17) is 0 Å². The maximum absolute atomic E-state index is 13.7. The molecule has 21 heavy (non-hydrogen) atoms. The number of rotatable bonds is 4. The van der Waals surface area contributed by atoms with Gasteiger partial charge in [0.25, 0.3) is 0 Å². The predicted octanol–water partition coefficient (Wildman–Crippen LogP) is 4.07. The summed E-state index contributed by atoms with van der Waals surface area (Å²) in [4.78, 5) is 11.8. The normalized spacial score (nSPS) is 14.9. The molecule has 0 aliphatic heterocycles. The molecule has 0 heterocycles. The summed E-state index contributed by atoms with van der Waals surface area (Å²) in [6, 6.07) is 1.91. The minimum atomic E-state index is -4.30. The molecule has 0 bridgehead atoms. The summed E-state index contributed by atoms with van der Waals surface area (Å²) < 4.78 is 50.5. The predicted molar refractivity (Wildman–Crippen MR) is 73.1 cm³/mol. The lowest BCUT2D eigenvalue weighted by molar-refractivity contribution is -0.105. The van der Waals surface area contributed by atoms with E-state index in [1.807, 2.05) is 0 Å². The van der Waals surface area contributed by atoms with Gasteiger partial charge in [0.2, 0.25) is 0 Å². The number of thioether (sulfide) groups is 1. The lowest BCUT2D eigenvalue weighted by Gasteiger charge is -2.12. The fraction of sp³-hybridized carbons (Fsp3) is 0.462. The topological polar surface area (TPSA) is 41.1 Å². The Labute approximate surface area is 123 Å².